The molecule has 0 bridgehead atoms. The standard InChI is InChI=1S/C18H36N2/c1-5-9-19-17-12-14(3)11-15(4)18(17)20-10-7-8-16(6-2)13-20/h14-19H,5-13H2,1-4H3. The number of hydrogen-bond acceptors (Lipinski definition) is 2. The Kier molecular flexibility index (Phi) is 6.35. The van der Waals surface area contributed by atoms with E-state index in [0.29, 0.717) is 0 Å². The minimum absolute atomic E-state index is 0.726. The van der Waals surface area contributed by atoms with E-state index < -0.39 is 0 Å². The average Bonchev–Trinajstić information content (AvgIpc) is 2.44. The number of hydrogen-bond donors (Lipinski definition) is 1. The average molecular weight is 280 g/mol. The van der Waals surface area contributed by atoms with Crippen LogP contribution >= 0.6 is 0 Å². The Bertz CT molecular complexity index is 277. The first-order valence-corrected chi connectivity index (χ1v) is 9.13. The van der Waals surface area contributed by atoms with Crippen molar-refractivity contribution in [2.45, 2.75) is 78.3 Å². The fourth-order valence-corrected chi connectivity index (χ4v) is 4.69. The van der Waals surface area contributed by atoms with Crippen LogP contribution < -0.4 is 5.32 Å². The zero-order valence-corrected chi connectivity index (χ0v) is 14.2. The Morgan fingerprint density at radius 2 is 1.95 bits per heavy atom. The van der Waals surface area contributed by atoms with Crippen LogP contribution in [0, 0.1) is 17.8 Å². The highest BCUT2D eigenvalue weighted by molar-refractivity contribution is 4.95. The number of rotatable bonds is 5. The number of nitrogens with one attached hydrogen (secondary N) is 1. The molecule has 0 spiro atoms. The van der Waals surface area contributed by atoms with Crippen molar-refractivity contribution in [3.63, 3.8) is 0 Å². The zero-order valence-electron chi connectivity index (χ0n) is 14.2. The van der Waals surface area contributed by atoms with E-state index in [2.05, 4.69) is 37.9 Å². The second-order valence-electron chi connectivity index (χ2n) is 7.52. The quantitative estimate of drug-likeness (QED) is 0.821. The molecule has 5 atom stereocenters. The van der Waals surface area contributed by atoms with Gasteiger partial charge >= 0.3 is 0 Å². The fraction of sp³-hybridized carbons (Fsp3) is 1.00. The van der Waals surface area contributed by atoms with Gasteiger partial charge in [0.05, 0.1) is 0 Å². The highest BCUT2D eigenvalue weighted by Gasteiger charge is 2.38. The van der Waals surface area contributed by atoms with Gasteiger partial charge in [0.1, 0.15) is 0 Å². The Morgan fingerprint density at radius 1 is 1.15 bits per heavy atom. The maximum atomic E-state index is 3.87. The molecule has 1 aliphatic heterocycles. The lowest BCUT2D eigenvalue weighted by molar-refractivity contribution is 0.0304. The predicted octanol–water partition coefficient (Wildman–Crippen LogP) is 3.91. The Balaban J connectivity index is 2.03. The van der Waals surface area contributed by atoms with Crippen LogP contribution in [0.4, 0.5) is 0 Å². The summed E-state index contributed by atoms with van der Waals surface area (Å²) in [7, 11) is 0. The lowest BCUT2D eigenvalue weighted by atomic mass is 9.75. The van der Waals surface area contributed by atoms with Gasteiger partial charge in [-0.15, -0.1) is 0 Å². The third-order valence-corrected chi connectivity index (χ3v) is 5.63. The molecule has 1 saturated heterocycles. The zero-order chi connectivity index (χ0) is 14.5. The van der Waals surface area contributed by atoms with Gasteiger partial charge in [-0.25, -0.2) is 0 Å². The van der Waals surface area contributed by atoms with Crippen LogP contribution in [0.1, 0.15) is 66.2 Å². The summed E-state index contributed by atoms with van der Waals surface area (Å²) in [6.07, 6.45) is 8.28. The summed E-state index contributed by atoms with van der Waals surface area (Å²) in [5.41, 5.74) is 0. The van der Waals surface area contributed by atoms with Gasteiger partial charge in [0.15, 0.2) is 0 Å². The van der Waals surface area contributed by atoms with E-state index in [4.69, 9.17) is 0 Å². The van der Waals surface area contributed by atoms with E-state index in [1.165, 1.54) is 58.2 Å². The van der Waals surface area contributed by atoms with Crippen molar-refractivity contribution in [3.05, 3.63) is 0 Å². The van der Waals surface area contributed by atoms with Crippen LogP contribution in [0.2, 0.25) is 0 Å². The summed E-state index contributed by atoms with van der Waals surface area (Å²) in [5.74, 6) is 2.69. The highest BCUT2D eigenvalue weighted by atomic mass is 15.2. The van der Waals surface area contributed by atoms with Crippen LogP contribution in [0.5, 0.6) is 0 Å². The first-order chi connectivity index (χ1) is 9.65. The van der Waals surface area contributed by atoms with Gasteiger partial charge in [-0.3, -0.25) is 4.90 Å². The van der Waals surface area contributed by atoms with Crippen LogP contribution in [-0.2, 0) is 0 Å². The van der Waals surface area contributed by atoms with Crippen molar-refractivity contribution in [3.8, 4) is 0 Å². The van der Waals surface area contributed by atoms with E-state index in [9.17, 15) is 0 Å². The van der Waals surface area contributed by atoms with Crippen molar-refractivity contribution in [1.82, 2.24) is 10.2 Å². The first kappa shape index (κ1) is 16.3. The molecule has 0 radical (unpaired) electrons. The second kappa shape index (κ2) is 7.79. The van der Waals surface area contributed by atoms with Crippen molar-refractivity contribution < 1.29 is 0 Å². The van der Waals surface area contributed by atoms with Crippen molar-refractivity contribution in [1.29, 1.82) is 0 Å². The summed E-state index contributed by atoms with van der Waals surface area (Å²) in [4.78, 5) is 2.85. The second-order valence-corrected chi connectivity index (χ2v) is 7.52. The molecule has 2 nitrogen and oxygen atoms in total. The smallest absolute Gasteiger partial charge is 0.0275 e. The van der Waals surface area contributed by atoms with Gasteiger partial charge in [0.25, 0.3) is 0 Å². The lowest BCUT2D eigenvalue weighted by Gasteiger charge is -2.48. The Hall–Kier alpha value is -0.0800. The van der Waals surface area contributed by atoms with Crippen LogP contribution in [0.25, 0.3) is 0 Å². The number of nitrogens with zero attached hydrogens (tertiary/aromatic N) is 1. The third-order valence-electron chi connectivity index (χ3n) is 5.63. The molecule has 0 aromatic rings. The van der Waals surface area contributed by atoms with Gasteiger partial charge in [0.2, 0.25) is 0 Å². The molecule has 0 aromatic carbocycles. The molecule has 118 valence electrons. The molecule has 0 amide bonds. The minimum atomic E-state index is 0.726. The lowest BCUT2D eigenvalue weighted by Crippen LogP contribution is -2.58. The summed E-state index contributed by atoms with van der Waals surface area (Å²) >= 11 is 0. The monoisotopic (exact) mass is 280 g/mol. The molecule has 1 N–H and O–H groups in total. The Labute approximate surface area is 126 Å². The predicted molar refractivity (Wildman–Crippen MR) is 88.0 cm³/mol. The van der Waals surface area contributed by atoms with E-state index >= 15 is 0 Å². The minimum Gasteiger partial charge on any atom is -0.312 e. The third kappa shape index (κ3) is 3.98. The van der Waals surface area contributed by atoms with Crippen molar-refractivity contribution >= 4 is 0 Å². The molecule has 2 aliphatic rings. The molecule has 2 heteroatoms. The highest BCUT2D eigenvalue weighted by Crippen LogP contribution is 2.34. The molecule has 2 fully saturated rings. The summed E-state index contributed by atoms with van der Waals surface area (Å²) in [5, 5.41) is 3.87. The molecule has 20 heavy (non-hydrogen) atoms. The first-order valence-electron chi connectivity index (χ1n) is 9.13. The molecule has 5 unspecified atom stereocenters. The largest absolute Gasteiger partial charge is 0.312 e. The fourth-order valence-electron chi connectivity index (χ4n) is 4.69. The van der Waals surface area contributed by atoms with E-state index in [0.717, 1.165) is 29.8 Å². The Morgan fingerprint density at radius 3 is 2.65 bits per heavy atom. The van der Waals surface area contributed by atoms with Crippen LogP contribution in [0.15, 0.2) is 0 Å². The van der Waals surface area contributed by atoms with E-state index in [1.54, 1.807) is 0 Å². The molecule has 2 rings (SSSR count). The van der Waals surface area contributed by atoms with Crippen molar-refractivity contribution in [2.24, 2.45) is 17.8 Å². The van der Waals surface area contributed by atoms with Gasteiger partial charge < -0.3 is 5.32 Å². The number of likely N-dealkylation sites (tertiary alicyclic amines) is 1. The summed E-state index contributed by atoms with van der Waals surface area (Å²) in [6, 6.07) is 1.51. The molecule has 1 saturated carbocycles. The van der Waals surface area contributed by atoms with Crippen LogP contribution in [-0.4, -0.2) is 36.6 Å². The molecule has 1 heterocycles. The molecular formula is C18H36N2. The summed E-state index contributed by atoms with van der Waals surface area (Å²) < 4.78 is 0. The van der Waals surface area contributed by atoms with Crippen LogP contribution in [0.3, 0.4) is 0 Å². The molecule has 0 aromatic heterocycles. The molecular weight excluding hydrogens is 244 g/mol. The number of piperidine rings is 1. The maximum Gasteiger partial charge on any atom is 0.0275 e. The summed E-state index contributed by atoms with van der Waals surface area (Å²) in [6.45, 7) is 13.5. The topological polar surface area (TPSA) is 15.3 Å². The van der Waals surface area contributed by atoms with E-state index in [1.807, 2.05) is 0 Å². The maximum absolute atomic E-state index is 3.87. The van der Waals surface area contributed by atoms with Gasteiger partial charge in [-0.05, 0) is 62.9 Å². The van der Waals surface area contributed by atoms with E-state index in [-0.39, 0.29) is 0 Å². The van der Waals surface area contributed by atoms with Gasteiger partial charge in [-0.1, -0.05) is 34.1 Å². The van der Waals surface area contributed by atoms with Crippen molar-refractivity contribution in [2.75, 3.05) is 19.6 Å². The SMILES string of the molecule is CCCNC1CC(C)CC(C)C1N1CCCC(CC)C1. The van der Waals surface area contributed by atoms with Gasteiger partial charge in [-0.2, -0.15) is 0 Å². The molecule has 1 aliphatic carbocycles. The normalized spacial score (nSPS) is 39.9. The van der Waals surface area contributed by atoms with Gasteiger partial charge in [0, 0.05) is 18.6 Å².